The number of ether oxygens (including phenoxy) is 2. The van der Waals surface area contributed by atoms with E-state index in [1.54, 1.807) is 43.9 Å². The van der Waals surface area contributed by atoms with Crippen LogP contribution in [0.5, 0.6) is 11.6 Å². The predicted octanol–water partition coefficient (Wildman–Crippen LogP) is 5.41. The smallest absolute Gasteiger partial charge is 0.407 e. The summed E-state index contributed by atoms with van der Waals surface area (Å²) in [4.78, 5) is 49.8. The van der Waals surface area contributed by atoms with E-state index in [1.807, 2.05) is 49.9 Å². The number of amides is 3. The molecule has 0 spiro atoms. The van der Waals surface area contributed by atoms with Gasteiger partial charge in [0.25, 0.3) is 11.8 Å². The molecular formula is C38H49FN7O6P. The quantitative estimate of drug-likeness (QED) is 0.189. The number of nitrogens with zero attached hydrogens (tertiary/aromatic N) is 6. The summed E-state index contributed by atoms with van der Waals surface area (Å²) in [5, 5.41) is 11.7. The van der Waals surface area contributed by atoms with Gasteiger partial charge >= 0.3 is 6.09 Å². The highest BCUT2D eigenvalue weighted by molar-refractivity contribution is 7.70. The molecule has 0 saturated heterocycles. The Balaban J connectivity index is 1.27. The Morgan fingerprint density at radius 3 is 2.36 bits per heavy atom. The molecule has 1 N–H and O–H groups in total. The summed E-state index contributed by atoms with van der Waals surface area (Å²) in [6, 6.07) is 10.5. The number of benzene rings is 2. The fourth-order valence-corrected chi connectivity index (χ4v) is 7.42. The van der Waals surface area contributed by atoms with Gasteiger partial charge in [-0.2, -0.15) is 0 Å². The number of rotatable bonds is 12. The minimum atomic E-state index is -2.51. The number of anilines is 1. The normalized spacial score (nSPS) is 15.1. The van der Waals surface area contributed by atoms with E-state index < -0.39 is 30.7 Å². The minimum Gasteiger partial charge on any atom is -0.444 e. The van der Waals surface area contributed by atoms with E-state index in [0.29, 0.717) is 45.0 Å². The SMILES string of the molecule is CCN(C(=O)c1cc(F)ccc1Oc1nncnc1N1CC2=C(CN(C(=O)C[C@@H](Cc3cccc(P(C)(C)=O)c3)NC(=O)OC(C)(C)C)C2)C1)C(C)C. The van der Waals surface area contributed by atoms with Gasteiger partial charge in [-0.15, -0.1) is 10.2 Å². The highest BCUT2D eigenvalue weighted by Crippen LogP contribution is 2.36. The van der Waals surface area contributed by atoms with Crippen LogP contribution in [0, 0.1) is 5.82 Å². The highest BCUT2D eigenvalue weighted by atomic mass is 31.2. The third-order valence-electron chi connectivity index (χ3n) is 9.01. The van der Waals surface area contributed by atoms with Crippen molar-refractivity contribution in [3.8, 4) is 11.6 Å². The molecule has 3 heterocycles. The molecule has 2 aliphatic rings. The number of nitrogens with one attached hydrogen (secondary N) is 1. The number of hydrogen-bond acceptors (Lipinski definition) is 10. The van der Waals surface area contributed by atoms with Gasteiger partial charge in [0.15, 0.2) is 5.82 Å². The summed E-state index contributed by atoms with van der Waals surface area (Å²) in [7, 11) is -2.51. The molecule has 53 heavy (non-hydrogen) atoms. The molecule has 0 unspecified atom stereocenters. The molecule has 3 aromatic rings. The summed E-state index contributed by atoms with van der Waals surface area (Å²) >= 11 is 0. The molecule has 284 valence electrons. The lowest BCUT2D eigenvalue weighted by molar-refractivity contribution is -0.130. The first-order valence-electron chi connectivity index (χ1n) is 17.7. The minimum absolute atomic E-state index is 0.0441. The monoisotopic (exact) mass is 749 g/mol. The number of halogens is 1. The molecule has 0 radical (unpaired) electrons. The third kappa shape index (κ3) is 9.98. The van der Waals surface area contributed by atoms with Crippen LogP contribution in [0.4, 0.5) is 15.0 Å². The van der Waals surface area contributed by atoms with Crippen LogP contribution in [0.2, 0.25) is 0 Å². The fraction of sp³-hybridized carbons (Fsp3) is 0.474. The standard InChI is InChI=1S/C38H49FN7O6P/c1-9-46(24(2)3)36(48)31-17-28(39)13-14-32(31)51-35-34(40-23-41-43-35)45-21-26-19-44(20-27(26)22-45)33(47)18-29(42-37(49)52-38(4,5)6)15-25-11-10-12-30(16-25)53(7,8)50/h10-14,16-17,23-24,29H,9,15,18-22H2,1-8H3,(H,42,49)/t29-/m1/s1. The van der Waals surface area contributed by atoms with Gasteiger partial charge < -0.3 is 34.1 Å². The van der Waals surface area contributed by atoms with Crippen molar-refractivity contribution in [3.63, 3.8) is 0 Å². The van der Waals surface area contributed by atoms with Crippen LogP contribution in [-0.2, 0) is 20.5 Å². The van der Waals surface area contributed by atoms with E-state index in [9.17, 15) is 23.3 Å². The summed E-state index contributed by atoms with van der Waals surface area (Å²) in [5.41, 5.74) is 2.32. The van der Waals surface area contributed by atoms with E-state index in [2.05, 4.69) is 20.5 Å². The van der Waals surface area contributed by atoms with Crippen molar-refractivity contribution < 1.29 is 32.8 Å². The zero-order valence-corrected chi connectivity index (χ0v) is 32.6. The first-order valence-corrected chi connectivity index (χ1v) is 20.3. The van der Waals surface area contributed by atoms with Crippen molar-refractivity contribution >= 4 is 36.2 Å². The largest absolute Gasteiger partial charge is 0.444 e. The summed E-state index contributed by atoms with van der Waals surface area (Å²) in [5.74, 6) is -0.454. The first kappa shape index (κ1) is 39.4. The summed E-state index contributed by atoms with van der Waals surface area (Å²) in [6.45, 7) is 16.5. The number of aromatic nitrogens is 3. The van der Waals surface area contributed by atoms with Gasteiger partial charge in [-0.3, -0.25) is 9.59 Å². The highest BCUT2D eigenvalue weighted by Gasteiger charge is 2.35. The van der Waals surface area contributed by atoms with Crippen LogP contribution >= 0.6 is 7.14 Å². The molecule has 0 fully saturated rings. The Hall–Kier alpha value is -4.84. The number of alkyl carbamates (subject to hydrolysis) is 1. The molecule has 13 nitrogen and oxygen atoms in total. The van der Waals surface area contributed by atoms with Crippen molar-refractivity contribution in [3.05, 3.63) is 76.9 Å². The second-order valence-corrected chi connectivity index (χ2v) is 18.3. The van der Waals surface area contributed by atoms with Crippen LogP contribution in [0.3, 0.4) is 0 Å². The molecule has 1 aromatic heterocycles. The Morgan fingerprint density at radius 1 is 1.04 bits per heavy atom. The lowest BCUT2D eigenvalue weighted by Crippen LogP contribution is -2.44. The van der Waals surface area contributed by atoms with Crippen molar-refractivity contribution in [2.24, 2.45) is 0 Å². The maximum atomic E-state index is 14.4. The van der Waals surface area contributed by atoms with Gasteiger partial charge in [-0.1, -0.05) is 18.2 Å². The van der Waals surface area contributed by atoms with E-state index in [4.69, 9.17) is 9.47 Å². The zero-order chi connectivity index (χ0) is 38.7. The molecule has 2 aromatic carbocycles. The van der Waals surface area contributed by atoms with Crippen LogP contribution < -0.4 is 20.3 Å². The van der Waals surface area contributed by atoms with E-state index >= 15 is 0 Å². The molecule has 1 atom stereocenters. The molecule has 0 saturated carbocycles. The van der Waals surface area contributed by atoms with Crippen molar-refractivity contribution in [1.82, 2.24) is 30.3 Å². The molecule has 0 aliphatic carbocycles. The molecule has 15 heteroatoms. The molecule has 0 bridgehead atoms. The van der Waals surface area contributed by atoms with Crippen LogP contribution in [0.25, 0.3) is 0 Å². The lowest BCUT2D eigenvalue weighted by atomic mass is 10.0. The van der Waals surface area contributed by atoms with Crippen molar-refractivity contribution in [2.45, 2.75) is 72.1 Å². The number of carbonyl (C=O) groups is 3. The Labute approximate surface area is 310 Å². The van der Waals surface area contributed by atoms with Gasteiger partial charge in [0.05, 0.1) is 5.56 Å². The second-order valence-electron chi connectivity index (χ2n) is 15.1. The van der Waals surface area contributed by atoms with Crippen LogP contribution in [0.1, 0.15) is 63.9 Å². The third-order valence-corrected chi connectivity index (χ3v) is 10.5. The van der Waals surface area contributed by atoms with Gasteiger partial charge in [-0.05, 0) is 102 Å². The first-order chi connectivity index (χ1) is 24.9. The average Bonchev–Trinajstić information content (AvgIpc) is 3.65. The average molecular weight is 750 g/mol. The predicted molar refractivity (Wildman–Crippen MR) is 201 cm³/mol. The Bertz CT molecular complexity index is 1920. The van der Waals surface area contributed by atoms with Crippen LogP contribution in [0.15, 0.2) is 59.9 Å². The van der Waals surface area contributed by atoms with Gasteiger partial charge in [-0.25, -0.2) is 14.2 Å². The Morgan fingerprint density at radius 2 is 1.74 bits per heavy atom. The van der Waals surface area contributed by atoms with Crippen molar-refractivity contribution in [1.29, 1.82) is 0 Å². The van der Waals surface area contributed by atoms with E-state index in [-0.39, 0.29) is 41.5 Å². The lowest BCUT2D eigenvalue weighted by Gasteiger charge is -2.27. The zero-order valence-electron chi connectivity index (χ0n) is 31.7. The maximum absolute atomic E-state index is 14.4. The number of hydrogen-bond donors (Lipinski definition) is 1. The molecule has 3 amide bonds. The second kappa shape index (κ2) is 16.0. The summed E-state index contributed by atoms with van der Waals surface area (Å²) < 4.78 is 38.7. The number of carbonyl (C=O) groups excluding carboxylic acids is 3. The fourth-order valence-electron chi connectivity index (χ4n) is 6.50. The van der Waals surface area contributed by atoms with E-state index in [0.717, 1.165) is 28.1 Å². The van der Waals surface area contributed by atoms with Gasteiger partial charge in [0, 0.05) is 56.5 Å². The van der Waals surface area contributed by atoms with Gasteiger partial charge in [0.2, 0.25) is 5.91 Å². The maximum Gasteiger partial charge on any atom is 0.407 e. The van der Waals surface area contributed by atoms with E-state index in [1.165, 1.54) is 18.5 Å². The topological polar surface area (TPSA) is 147 Å². The summed E-state index contributed by atoms with van der Waals surface area (Å²) in [6.07, 6.45) is 1.09. The van der Waals surface area contributed by atoms with Gasteiger partial charge in [0.1, 0.15) is 30.6 Å². The molecule has 2 aliphatic heterocycles. The molecule has 5 rings (SSSR count). The Kier molecular flexibility index (Phi) is 11.9. The van der Waals surface area contributed by atoms with Crippen molar-refractivity contribution in [2.75, 3.05) is 51.0 Å². The van der Waals surface area contributed by atoms with Crippen LogP contribution in [-0.4, -0.2) is 107 Å². The molecular weight excluding hydrogens is 700 g/mol.